The van der Waals surface area contributed by atoms with E-state index in [-0.39, 0.29) is 5.91 Å². The molecule has 144 valence electrons. The fraction of sp³-hybridized carbons (Fsp3) is 0.190. The number of amides is 1. The maximum atomic E-state index is 12.5. The van der Waals surface area contributed by atoms with E-state index in [1.54, 1.807) is 12.1 Å². The van der Waals surface area contributed by atoms with Crippen LogP contribution in [-0.2, 0) is 0 Å². The number of nitrogens with one attached hydrogen (secondary N) is 2. The average molecular weight is 397 g/mol. The van der Waals surface area contributed by atoms with E-state index in [1.807, 2.05) is 45.0 Å². The third-order valence-electron chi connectivity index (χ3n) is 4.02. The standard InChI is InChI=1S/C21H21ClN4O2/c1-4-28-18-8-6-5-7-17(18)25-20(27)15-11-23-21(24-12-15)26-19-14(3)9-13(2)10-16(19)22/h5-12H,4H2,1-3H3,(H,25,27)(H,23,24,26). The Morgan fingerprint density at radius 2 is 1.86 bits per heavy atom. The maximum Gasteiger partial charge on any atom is 0.258 e. The van der Waals surface area contributed by atoms with Crippen molar-refractivity contribution >= 4 is 34.8 Å². The number of halogens is 1. The van der Waals surface area contributed by atoms with Crippen molar-refractivity contribution in [3.63, 3.8) is 0 Å². The number of rotatable bonds is 6. The van der Waals surface area contributed by atoms with Gasteiger partial charge in [-0.1, -0.05) is 29.8 Å². The van der Waals surface area contributed by atoms with Crippen LogP contribution in [-0.4, -0.2) is 22.5 Å². The number of para-hydroxylation sites is 2. The second-order valence-electron chi connectivity index (χ2n) is 6.24. The lowest BCUT2D eigenvalue weighted by Crippen LogP contribution is -2.14. The van der Waals surface area contributed by atoms with Crippen LogP contribution in [0.15, 0.2) is 48.8 Å². The molecule has 0 unspecified atom stereocenters. The number of hydrogen-bond acceptors (Lipinski definition) is 5. The van der Waals surface area contributed by atoms with E-state index in [9.17, 15) is 4.79 Å². The summed E-state index contributed by atoms with van der Waals surface area (Å²) in [6, 6.07) is 11.1. The van der Waals surface area contributed by atoms with Gasteiger partial charge in [0.15, 0.2) is 0 Å². The summed E-state index contributed by atoms with van der Waals surface area (Å²) in [7, 11) is 0. The smallest absolute Gasteiger partial charge is 0.258 e. The monoisotopic (exact) mass is 396 g/mol. The fourth-order valence-electron chi connectivity index (χ4n) is 2.74. The van der Waals surface area contributed by atoms with Gasteiger partial charge in [0.05, 0.1) is 28.6 Å². The highest BCUT2D eigenvalue weighted by Gasteiger charge is 2.12. The van der Waals surface area contributed by atoms with E-state index >= 15 is 0 Å². The molecule has 0 saturated heterocycles. The molecule has 3 aromatic rings. The third-order valence-corrected chi connectivity index (χ3v) is 4.32. The molecule has 0 aliphatic carbocycles. The van der Waals surface area contributed by atoms with Gasteiger partial charge in [-0.15, -0.1) is 0 Å². The van der Waals surface area contributed by atoms with E-state index < -0.39 is 0 Å². The van der Waals surface area contributed by atoms with Gasteiger partial charge in [0.2, 0.25) is 5.95 Å². The summed E-state index contributed by atoms with van der Waals surface area (Å²) in [4.78, 5) is 21.0. The molecule has 0 radical (unpaired) electrons. The second-order valence-corrected chi connectivity index (χ2v) is 6.65. The van der Waals surface area contributed by atoms with E-state index in [0.29, 0.717) is 34.6 Å². The van der Waals surface area contributed by atoms with Crippen molar-refractivity contribution < 1.29 is 9.53 Å². The molecular formula is C21H21ClN4O2. The zero-order chi connectivity index (χ0) is 20.1. The molecule has 0 bridgehead atoms. The normalized spacial score (nSPS) is 10.4. The molecule has 28 heavy (non-hydrogen) atoms. The van der Waals surface area contributed by atoms with Crippen molar-refractivity contribution in [1.82, 2.24) is 9.97 Å². The highest BCUT2D eigenvalue weighted by Crippen LogP contribution is 2.29. The first kappa shape index (κ1) is 19.6. The summed E-state index contributed by atoms with van der Waals surface area (Å²) in [6.45, 7) is 6.34. The largest absolute Gasteiger partial charge is 0.492 e. The molecule has 0 spiro atoms. The van der Waals surface area contributed by atoms with Crippen LogP contribution in [0.4, 0.5) is 17.3 Å². The van der Waals surface area contributed by atoms with Crippen LogP contribution in [0.3, 0.4) is 0 Å². The SMILES string of the molecule is CCOc1ccccc1NC(=O)c1cnc(Nc2c(C)cc(C)cc2Cl)nc1. The Morgan fingerprint density at radius 1 is 1.14 bits per heavy atom. The van der Waals surface area contributed by atoms with Crippen LogP contribution < -0.4 is 15.4 Å². The Morgan fingerprint density at radius 3 is 2.54 bits per heavy atom. The Bertz CT molecular complexity index is 967. The highest BCUT2D eigenvalue weighted by atomic mass is 35.5. The molecule has 0 fully saturated rings. The lowest BCUT2D eigenvalue weighted by atomic mass is 10.1. The van der Waals surface area contributed by atoms with Crippen LogP contribution in [0.5, 0.6) is 5.75 Å². The molecule has 6 nitrogen and oxygen atoms in total. The first-order valence-corrected chi connectivity index (χ1v) is 9.24. The number of ether oxygens (including phenoxy) is 1. The first-order valence-electron chi connectivity index (χ1n) is 8.87. The number of hydrogen-bond donors (Lipinski definition) is 2. The van der Waals surface area contributed by atoms with Crippen molar-refractivity contribution in [2.75, 3.05) is 17.2 Å². The summed E-state index contributed by atoms with van der Waals surface area (Å²) in [6.07, 6.45) is 2.93. The molecular weight excluding hydrogens is 376 g/mol. The zero-order valence-electron chi connectivity index (χ0n) is 15.9. The fourth-order valence-corrected chi connectivity index (χ4v) is 3.11. The number of aromatic nitrogens is 2. The summed E-state index contributed by atoms with van der Waals surface area (Å²) >= 11 is 6.30. The molecule has 3 rings (SSSR count). The van der Waals surface area contributed by atoms with E-state index in [4.69, 9.17) is 16.3 Å². The van der Waals surface area contributed by atoms with Gasteiger partial charge in [-0.25, -0.2) is 9.97 Å². The van der Waals surface area contributed by atoms with Crippen molar-refractivity contribution in [2.45, 2.75) is 20.8 Å². The minimum Gasteiger partial charge on any atom is -0.492 e. The Hall–Kier alpha value is -3.12. The van der Waals surface area contributed by atoms with E-state index in [1.165, 1.54) is 12.4 Å². The van der Waals surface area contributed by atoms with Gasteiger partial charge >= 0.3 is 0 Å². The van der Waals surface area contributed by atoms with Crippen LogP contribution in [0, 0.1) is 13.8 Å². The first-order chi connectivity index (χ1) is 13.5. The number of nitrogens with zero attached hydrogens (tertiary/aromatic N) is 2. The van der Waals surface area contributed by atoms with Crippen LogP contribution in [0.2, 0.25) is 5.02 Å². The molecule has 7 heteroatoms. The Labute approximate surface area is 168 Å². The summed E-state index contributed by atoms with van der Waals surface area (Å²) in [5.74, 6) is 0.658. The van der Waals surface area contributed by atoms with Crippen molar-refractivity contribution in [3.05, 3.63) is 70.5 Å². The van der Waals surface area contributed by atoms with Gasteiger partial charge in [-0.05, 0) is 50.1 Å². The average Bonchev–Trinajstić information content (AvgIpc) is 2.67. The van der Waals surface area contributed by atoms with Gasteiger partial charge in [-0.3, -0.25) is 4.79 Å². The Kier molecular flexibility index (Phi) is 6.11. The van der Waals surface area contributed by atoms with Gasteiger partial charge in [0.1, 0.15) is 5.75 Å². The molecule has 1 amide bonds. The van der Waals surface area contributed by atoms with Crippen molar-refractivity contribution in [3.8, 4) is 5.75 Å². The summed E-state index contributed by atoms with van der Waals surface area (Å²) in [5.41, 5.74) is 3.74. The lowest BCUT2D eigenvalue weighted by Gasteiger charge is -2.12. The molecule has 1 aromatic heterocycles. The summed E-state index contributed by atoms with van der Waals surface area (Å²) in [5, 5.41) is 6.52. The topological polar surface area (TPSA) is 76.1 Å². The number of aryl methyl sites for hydroxylation is 2. The molecule has 0 aliphatic heterocycles. The third kappa shape index (κ3) is 4.58. The van der Waals surface area contributed by atoms with E-state index in [0.717, 1.165) is 16.8 Å². The molecule has 1 heterocycles. The Balaban J connectivity index is 1.73. The molecule has 0 saturated carbocycles. The second kappa shape index (κ2) is 8.71. The number of carbonyl (C=O) groups is 1. The predicted molar refractivity (Wildman–Crippen MR) is 112 cm³/mol. The lowest BCUT2D eigenvalue weighted by molar-refractivity contribution is 0.102. The number of anilines is 3. The van der Waals surface area contributed by atoms with Crippen LogP contribution >= 0.6 is 11.6 Å². The van der Waals surface area contributed by atoms with Crippen molar-refractivity contribution in [2.24, 2.45) is 0 Å². The van der Waals surface area contributed by atoms with E-state index in [2.05, 4.69) is 20.6 Å². The zero-order valence-corrected chi connectivity index (χ0v) is 16.7. The van der Waals surface area contributed by atoms with Crippen LogP contribution in [0.1, 0.15) is 28.4 Å². The molecule has 2 aromatic carbocycles. The number of benzene rings is 2. The highest BCUT2D eigenvalue weighted by molar-refractivity contribution is 6.33. The minimum atomic E-state index is -0.316. The summed E-state index contributed by atoms with van der Waals surface area (Å²) < 4.78 is 5.52. The van der Waals surface area contributed by atoms with Gasteiger partial charge in [-0.2, -0.15) is 0 Å². The van der Waals surface area contributed by atoms with Gasteiger partial charge in [0, 0.05) is 12.4 Å². The molecule has 2 N–H and O–H groups in total. The van der Waals surface area contributed by atoms with Crippen LogP contribution in [0.25, 0.3) is 0 Å². The maximum absolute atomic E-state index is 12.5. The van der Waals surface area contributed by atoms with Crippen molar-refractivity contribution in [1.29, 1.82) is 0 Å². The predicted octanol–water partition coefficient (Wildman–Crippen LogP) is 5.14. The number of carbonyl (C=O) groups excluding carboxylic acids is 1. The minimum absolute atomic E-state index is 0.316. The van der Waals surface area contributed by atoms with Gasteiger partial charge < -0.3 is 15.4 Å². The quantitative estimate of drug-likeness (QED) is 0.603. The van der Waals surface area contributed by atoms with Gasteiger partial charge in [0.25, 0.3) is 5.91 Å². The molecule has 0 atom stereocenters. The molecule has 0 aliphatic rings.